The van der Waals surface area contributed by atoms with Gasteiger partial charge in [0.15, 0.2) is 0 Å². The minimum Gasteiger partial charge on any atom is -0.457 e. The molecule has 0 radical (unpaired) electrons. The van der Waals surface area contributed by atoms with Crippen molar-refractivity contribution in [2.24, 2.45) is 5.92 Å². The van der Waals surface area contributed by atoms with Crippen LogP contribution in [0.2, 0.25) is 0 Å². The van der Waals surface area contributed by atoms with E-state index in [0.717, 1.165) is 25.2 Å². The summed E-state index contributed by atoms with van der Waals surface area (Å²) in [4.78, 5) is 19.3. The van der Waals surface area contributed by atoms with Crippen molar-refractivity contribution < 1.29 is 9.53 Å². The maximum atomic E-state index is 12.6. The minimum absolute atomic E-state index is 0.157. The van der Waals surface area contributed by atoms with Crippen LogP contribution in [0.5, 0.6) is 11.5 Å². The first-order valence-electron chi connectivity index (χ1n) is 11.0. The van der Waals surface area contributed by atoms with Crippen molar-refractivity contribution in [2.45, 2.75) is 32.7 Å². The van der Waals surface area contributed by atoms with Crippen molar-refractivity contribution in [3.8, 4) is 17.2 Å². The summed E-state index contributed by atoms with van der Waals surface area (Å²) in [6.45, 7) is 7.31. The molecule has 0 spiro atoms. The second kappa shape index (κ2) is 9.79. The van der Waals surface area contributed by atoms with Crippen molar-refractivity contribution >= 4 is 5.91 Å². The van der Waals surface area contributed by atoms with Gasteiger partial charge in [-0.1, -0.05) is 0 Å². The highest BCUT2D eigenvalue weighted by Crippen LogP contribution is 2.23. The number of ether oxygens (including phenoxy) is 1. The van der Waals surface area contributed by atoms with Crippen LogP contribution in [0.25, 0.3) is 5.69 Å². The molecule has 0 bridgehead atoms. The van der Waals surface area contributed by atoms with E-state index in [4.69, 9.17) is 4.74 Å². The van der Waals surface area contributed by atoms with Crippen molar-refractivity contribution in [1.29, 1.82) is 0 Å². The molecule has 0 unspecified atom stereocenters. The van der Waals surface area contributed by atoms with Gasteiger partial charge in [-0.2, -0.15) is 0 Å². The zero-order valence-corrected chi connectivity index (χ0v) is 18.2. The van der Waals surface area contributed by atoms with Crippen LogP contribution < -0.4 is 10.1 Å². The van der Waals surface area contributed by atoms with Crippen LogP contribution in [0, 0.1) is 5.92 Å². The normalized spacial score (nSPS) is 16.9. The average molecular weight is 419 g/mol. The first-order valence-corrected chi connectivity index (χ1v) is 11.0. The molecule has 162 valence electrons. The van der Waals surface area contributed by atoms with Gasteiger partial charge in [0.1, 0.15) is 17.2 Å². The van der Waals surface area contributed by atoms with E-state index in [9.17, 15) is 4.79 Å². The predicted molar refractivity (Wildman–Crippen MR) is 122 cm³/mol. The zero-order valence-electron chi connectivity index (χ0n) is 18.2. The van der Waals surface area contributed by atoms with Gasteiger partial charge in [-0.15, -0.1) is 0 Å². The molecule has 4 rings (SSSR count). The number of nitrogens with zero attached hydrogens (tertiary/aromatic N) is 3. The second-order valence-electron chi connectivity index (χ2n) is 8.37. The number of piperidine rings is 1. The molecule has 3 aromatic rings. The molecule has 1 fully saturated rings. The third-order valence-corrected chi connectivity index (χ3v) is 5.77. The Labute approximate surface area is 183 Å². The van der Waals surface area contributed by atoms with Crippen LogP contribution >= 0.6 is 0 Å². The molecule has 2 aromatic heterocycles. The summed E-state index contributed by atoms with van der Waals surface area (Å²) in [5, 5.41) is 3.06. The Hall–Kier alpha value is -3.12. The third-order valence-electron chi connectivity index (χ3n) is 5.77. The molecule has 1 aliphatic heterocycles. The Kier molecular flexibility index (Phi) is 6.67. The van der Waals surface area contributed by atoms with Gasteiger partial charge in [-0.05, 0) is 81.6 Å². The fourth-order valence-electron chi connectivity index (χ4n) is 3.99. The number of carbonyl (C=O) groups excluding carboxylic acids is 1. The molecule has 1 atom stereocenters. The van der Waals surface area contributed by atoms with Gasteiger partial charge in [0, 0.05) is 49.5 Å². The summed E-state index contributed by atoms with van der Waals surface area (Å²) in [6.07, 6.45) is 7.94. The number of hydrogen-bond donors (Lipinski definition) is 1. The molecule has 0 aliphatic carbocycles. The topological polar surface area (TPSA) is 59.4 Å². The molecule has 3 heterocycles. The molecule has 1 amide bonds. The van der Waals surface area contributed by atoms with Crippen LogP contribution in [0.3, 0.4) is 0 Å². The number of pyridine rings is 1. The smallest absolute Gasteiger partial charge is 0.270 e. The van der Waals surface area contributed by atoms with Crippen LogP contribution in [0.15, 0.2) is 67.1 Å². The number of likely N-dealkylation sites (tertiary alicyclic amines) is 1. The standard InChI is InChI=1S/C25H30N4O2/c1-19(2)29-15-5-6-20(18-29)17-27-25(30)24-16-23(11-12-26-24)31-22-9-7-21(8-10-22)28-13-3-4-14-28/h3-4,7-14,16,19-20H,5-6,15,17-18H2,1-2H3,(H,27,30)/t20-/m1/s1. The predicted octanol–water partition coefficient (Wildman–Crippen LogP) is 4.51. The first-order chi connectivity index (χ1) is 15.1. The SMILES string of the molecule is CC(C)N1CCC[C@H](CNC(=O)c2cc(Oc3ccc(-n4cccc4)cc3)ccn2)C1. The molecule has 1 aromatic carbocycles. The number of hydrogen-bond acceptors (Lipinski definition) is 4. The van der Waals surface area contributed by atoms with E-state index in [0.29, 0.717) is 35.7 Å². The summed E-state index contributed by atoms with van der Waals surface area (Å²) in [5.74, 6) is 1.63. The first kappa shape index (κ1) is 21.1. The van der Waals surface area contributed by atoms with Gasteiger partial charge in [-0.25, -0.2) is 0 Å². The van der Waals surface area contributed by atoms with Gasteiger partial charge in [0.25, 0.3) is 5.91 Å². The zero-order chi connectivity index (χ0) is 21.6. The monoisotopic (exact) mass is 418 g/mol. The molecule has 1 aliphatic rings. The lowest BCUT2D eigenvalue weighted by Crippen LogP contribution is -2.43. The highest BCUT2D eigenvalue weighted by Gasteiger charge is 2.22. The Morgan fingerprint density at radius 3 is 2.68 bits per heavy atom. The minimum atomic E-state index is -0.157. The lowest BCUT2D eigenvalue weighted by molar-refractivity contribution is 0.0917. The third kappa shape index (κ3) is 5.52. The van der Waals surface area contributed by atoms with Crippen molar-refractivity contribution in [3.63, 3.8) is 0 Å². The van der Waals surface area contributed by atoms with Gasteiger partial charge in [0.2, 0.25) is 0 Å². The van der Waals surface area contributed by atoms with Crippen LogP contribution in [-0.2, 0) is 0 Å². The molecule has 0 saturated carbocycles. The fraction of sp³-hybridized carbons (Fsp3) is 0.360. The van der Waals surface area contributed by atoms with Crippen molar-refractivity contribution in [3.05, 3.63) is 72.8 Å². The Balaban J connectivity index is 1.34. The van der Waals surface area contributed by atoms with E-state index >= 15 is 0 Å². The van der Waals surface area contributed by atoms with Crippen LogP contribution in [0.4, 0.5) is 0 Å². The van der Waals surface area contributed by atoms with Gasteiger partial charge in [0.05, 0.1) is 0 Å². The van der Waals surface area contributed by atoms with E-state index in [2.05, 4.69) is 29.0 Å². The highest BCUT2D eigenvalue weighted by molar-refractivity contribution is 5.92. The lowest BCUT2D eigenvalue weighted by Gasteiger charge is -2.35. The summed E-state index contributed by atoms with van der Waals surface area (Å²) >= 11 is 0. The molecule has 1 N–H and O–H groups in total. The summed E-state index contributed by atoms with van der Waals surface area (Å²) in [5.41, 5.74) is 1.43. The number of rotatable bonds is 7. The van der Waals surface area contributed by atoms with E-state index in [-0.39, 0.29) is 5.91 Å². The molecule has 6 heteroatoms. The lowest BCUT2D eigenvalue weighted by atomic mass is 9.97. The number of benzene rings is 1. The number of carbonyl (C=O) groups is 1. The molecule has 1 saturated heterocycles. The van der Waals surface area contributed by atoms with Gasteiger partial charge in [-0.3, -0.25) is 9.78 Å². The molecule has 31 heavy (non-hydrogen) atoms. The van der Waals surface area contributed by atoms with E-state index in [1.165, 1.54) is 6.42 Å². The van der Waals surface area contributed by atoms with Crippen molar-refractivity contribution in [2.75, 3.05) is 19.6 Å². The number of aromatic nitrogens is 2. The summed E-state index contributed by atoms with van der Waals surface area (Å²) in [6, 6.07) is 15.8. The highest BCUT2D eigenvalue weighted by atomic mass is 16.5. The quantitative estimate of drug-likeness (QED) is 0.613. The summed E-state index contributed by atoms with van der Waals surface area (Å²) < 4.78 is 7.97. The van der Waals surface area contributed by atoms with E-state index < -0.39 is 0 Å². The van der Waals surface area contributed by atoms with Crippen LogP contribution in [-0.4, -0.2) is 46.0 Å². The van der Waals surface area contributed by atoms with E-state index in [1.54, 1.807) is 18.3 Å². The van der Waals surface area contributed by atoms with Gasteiger partial charge >= 0.3 is 0 Å². The maximum Gasteiger partial charge on any atom is 0.270 e. The molecular formula is C25H30N4O2. The fourth-order valence-corrected chi connectivity index (χ4v) is 3.99. The maximum absolute atomic E-state index is 12.6. The van der Waals surface area contributed by atoms with E-state index in [1.807, 2.05) is 53.4 Å². The Morgan fingerprint density at radius 2 is 1.94 bits per heavy atom. The molecular weight excluding hydrogens is 388 g/mol. The summed E-state index contributed by atoms with van der Waals surface area (Å²) in [7, 11) is 0. The van der Waals surface area contributed by atoms with Crippen LogP contribution in [0.1, 0.15) is 37.2 Å². The Bertz CT molecular complexity index is 983. The second-order valence-corrected chi connectivity index (χ2v) is 8.37. The number of amides is 1. The largest absolute Gasteiger partial charge is 0.457 e. The van der Waals surface area contributed by atoms with Crippen molar-refractivity contribution in [1.82, 2.24) is 19.8 Å². The van der Waals surface area contributed by atoms with Gasteiger partial charge < -0.3 is 19.5 Å². The average Bonchev–Trinajstić information content (AvgIpc) is 3.33. The number of nitrogens with one attached hydrogen (secondary N) is 1. The Morgan fingerprint density at radius 1 is 1.16 bits per heavy atom. The molecule has 6 nitrogen and oxygen atoms in total.